The molecule has 2 saturated heterocycles. The largest absolute Gasteiger partial charge is 0.315 e. The van der Waals surface area contributed by atoms with Crippen molar-refractivity contribution < 1.29 is 0 Å². The molecule has 84 valence electrons. The first-order valence-corrected chi connectivity index (χ1v) is 6.99. The number of thioether (sulfide) groups is 1. The third-order valence-electron chi connectivity index (χ3n) is 3.31. The van der Waals surface area contributed by atoms with Gasteiger partial charge in [0, 0.05) is 19.6 Å². The molecule has 15 heavy (non-hydrogen) atoms. The lowest BCUT2D eigenvalue weighted by molar-refractivity contribution is 0.202. The van der Waals surface area contributed by atoms with Gasteiger partial charge in [-0.15, -0.1) is 0 Å². The zero-order chi connectivity index (χ0) is 10.5. The summed E-state index contributed by atoms with van der Waals surface area (Å²) in [5.41, 5.74) is 0. The number of nitrogens with zero attached hydrogens (tertiary/aromatic N) is 2. The van der Waals surface area contributed by atoms with Gasteiger partial charge in [-0.05, 0) is 36.8 Å². The fourth-order valence-electron chi connectivity index (χ4n) is 2.43. The molecule has 0 bridgehead atoms. The molecule has 0 aliphatic carbocycles. The van der Waals surface area contributed by atoms with Crippen molar-refractivity contribution >= 4 is 11.8 Å². The summed E-state index contributed by atoms with van der Waals surface area (Å²) in [6, 6.07) is 2.69. The van der Waals surface area contributed by atoms with Crippen LogP contribution in [0.15, 0.2) is 0 Å². The molecule has 3 nitrogen and oxygen atoms in total. The van der Waals surface area contributed by atoms with Gasteiger partial charge in [0.1, 0.15) is 6.04 Å². The van der Waals surface area contributed by atoms with Gasteiger partial charge in [-0.2, -0.15) is 17.0 Å². The maximum atomic E-state index is 9.31. The first-order valence-electron chi connectivity index (χ1n) is 5.84. The van der Waals surface area contributed by atoms with Crippen LogP contribution in [0.2, 0.25) is 0 Å². The first kappa shape index (κ1) is 11.3. The third kappa shape index (κ3) is 2.87. The van der Waals surface area contributed by atoms with Gasteiger partial charge in [0.25, 0.3) is 0 Å². The standard InChI is InChI=1S/C11H19N3S/c12-8-11(10-2-7-15-9-10)14-5-1-3-13-4-6-14/h10-11,13H,1-7,9H2. The second-order valence-corrected chi connectivity index (χ2v) is 5.49. The van der Waals surface area contributed by atoms with Crippen LogP contribution in [0.4, 0.5) is 0 Å². The van der Waals surface area contributed by atoms with E-state index in [0.717, 1.165) is 26.2 Å². The molecule has 2 heterocycles. The molecule has 2 aliphatic heterocycles. The van der Waals surface area contributed by atoms with Crippen molar-refractivity contribution in [3.05, 3.63) is 0 Å². The van der Waals surface area contributed by atoms with Crippen LogP contribution in [0.3, 0.4) is 0 Å². The van der Waals surface area contributed by atoms with Gasteiger partial charge in [0.15, 0.2) is 0 Å². The van der Waals surface area contributed by atoms with Gasteiger partial charge < -0.3 is 5.32 Å². The Hall–Kier alpha value is -0.240. The highest BCUT2D eigenvalue weighted by Crippen LogP contribution is 2.28. The Morgan fingerprint density at radius 1 is 1.40 bits per heavy atom. The van der Waals surface area contributed by atoms with Crippen LogP contribution < -0.4 is 5.32 Å². The Kier molecular flexibility index (Phi) is 4.30. The molecular weight excluding hydrogens is 206 g/mol. The topological polar surface area (TPSA) is 39.1 Å². The third-order valence-corrected chi connectivity index (χ3v) is 4.50. The van der Waals surface area contributed by atoms with E-state index in [0.29, 0.717) is 5.92 Å². The molecule has 2 aliphatic rings. The molecule has 0 aromatic rings. The quantitative estimate of drug-likeness (QED) is 0.759. The number of hydrogen-bond acceptors (Lipinski definition) is 4. The monoisotopic (exact) mass is 225 g/mol. The average Bonchev–Trinajstić information content (AvgIpc) is 2.63. The van der Waals surface area contributed by atoms with E-state index >= 15 is 0 Å². The van der Waals surface area contributed by atoms with Gasteiger partial charge in [-0.1, -0.05) is 0 Å². The fourth-order valence-corrected chi connectivity index (χ4v) is 3.72. The summed E-state index contributed by atoms with van der Waals surface area (Å²) in [4.78, 5) is 2.39. The van der Waals surface area contributed by atoms with E-state index in [9.17, 15) is 5.26 Å². The zero-order valence-electron chi connectivity index (χ0n) is 9.11. The zero-order valence-corrected chi connectivity index (χ0v) is 9.93. The predicted molar refractivity (Wildman–Crippen MR) is 63.9 cm³/mol. The second kappa shape index (κ2) is 5.74. The van der Waals surface area contributed by atoms with Crippen LogP contribution in [0.5, 0.6) is 0 Å². The highest BCUT2D eigenvalue weighted by molar-refractivity contribution is 7.99. The van der Waals surface area contributed by atoms with Crippen LogP contribution in [0, 0.1) is 17.2 Å². The summed E-state index contributed by atoms with van der Waals surface area (Å²) in [5.74, 6) is 3.04. The van der Waals surface area contributed by atoms with Crippen molar-refractivity contribution in [3.63, 3.8) is 0 Å². The van der Waals surface area contributed by atoms with Crippen molar-refractivity contribution in [1.29, 1.82) is 5.26 Å². The van der Waals surface area contributed by atoms with E-state index in [1.807, 2.05) is 11.8 Å². The summed E-state index contributed by atoms with van der Waals surface area (Å²) in [6.07, 6.45) is 2.41. The summed E-state index contributed by atoms with van der Waals surface area (Å²) >= 11 is 2.00. The molecule has 0 spiro atoms. The first-order chi connectivity index (χ1) is 7.42. The van der Waals surface area contributed by atoms with Crippen LogP contribution in [-0.4, -0.2) is 48.6 Å². The van der Waals surface area contributed by atoms with E-state index in [1.165, 1.54) is 24.3 Å². The minimum Gasteiger partial charge on any atom is -0.315 e. The molecular formula is C11H19N3S. The van der Waals surface area contributed by atoms with Gasteiger partial charge in [0.2, 0.25) is 0 Å². The highest BCUT2D eigenvalue weighted by atomic mass is 32.2. The maximum absolute atomic E-state index is 9.31. The Balaban J connectivity index is 1.94. The van der Waals surface area contributed by atoms with Crippen molar-refractivity contribution in [2.45, 2.75) is 18.9 Å². The Labute approximate surface area is 96.2 Å². The summed E-state index contributed by atoms with van der Waals surface area (Å²) in [7, 11) is 0. The molecule has 0 aromatic heterocycles. The SMILES string of the molecule is N#CC(C1CCSC1)N1CCCNCC1. The molecule has 0 radical (unpaired) electrons. The van der Waals surface area contributed by atoms with E-state index in [-0.39, 0.29) is 6.04 Å². The highest BCUT2D eigenvalue weighted by Gasteiger charge is 2.30. The molecule has 1 N–H and O–H groups in total. The van der Waals surface area contributed by atoms with Crippen molar-refractivity contribution in [1.82, 2.24) is 10.2 Å². The van der Waals surface area contributed by atoms with E-state index in [1.54, 1.807) is 0 Å². The van der Waals surface area contributed by atoms with Crippen LogP contribution >= 0.6 is 11.8 Å². The van der Waals surface area contributed by atoms with E-state index in [4.69, 9.17) is 0 Å². The fraction of sp³-hybridized carbons (Fsp3) is 0.909. The minimum absolute atomic E-state index is 0.167. The van der Waals surface area contributed by atoms with Gasteiger partial charge in [0.05, 0.1) is 6.07 Å². The molecule has 2 fully saturated rings. The number of nitriles is 1. The lowest BCUT2D eigenvalue weighted by Gasteiger charge is -2.28. The maximum Gasteiger partial charge on any atom is 0.101 e. The Morgan fingerprint density at radius 3 is 3.07 bits per heavy atom. The van der Waals surface area contributed by atoms with Crippen LogP contribution in [0.1, 0.15) is 12.8 Å². The number of hydrogen-bond donors (Lipinski definition) is 1. The van der Waals surface area contributed by atoms with E-state index in [2.05, 4.69) is 16.3 Å². The molecule has 2 rings (SSSR count). The average molecular weight is 225 g/mol. The van der Waals surface area contributed by atoms with Crippen molar-refractivity contribution in [2.24, 2.45) is 5.92 Å². The predicted octanol–water partition coefficient (Wildman–Crippen LogP) is 0.927. The van der Waals surface area contributed by atoms with Crippen molar-refractivity contribution in [3.8, 4) is 6.07 Å². The van der Waals surface area contributed by atoms with E-state index < -0.39 is 0 Å². The summed E-state index contributed by atoms with van der Waals surface area (Å²) < 4.78 is 0. The molecule has 0 saturated carbocycles. The van der Waals surface area contributed by atoms with Crippen molar-refractivity contribution in [2.75, 3.05) is 37.7 Å². The van der Waals surface area contributed by atoms with Gasteiger partial charge >= 0.3 is 0 Å². The van der Waals surface area contributed by atoms with Gasteiger partial charge in [-0.3, -0.25) is 4.90 Å². The molecule has 0 amide bonds. The second-order valence-electron chi connectivity index (χ2n) is 4.34. The van der Waals surface area contributed by atoms with Crippen LogP contribution in [-0.2, 0) is 0 Å². The summed E-state index contributed by atoms with van der Waals surface area (Å²) in [5, 5.41) is 12.7. The molecule has 0 aromatic carbocycles. The Bertz CT molecular complexity index is 224. The lowest BCUT2D eigenvalue weighted by atomic mass is 9.98. The lowest BCUT2D eigenvalue weighted by Crippen LogP contribution is -2.41. The van der Waals surface area contributed by atoms with Gasteiger partial charge in [-0.25, -0.2) is 0 Å². The normalized spacial score (nSPS) is 30.7. The number of nitrogens with one attached hydrogen (secondary N) is 1. The molecule has 2 atom stereocenters. The van der Waals surface area contributed by atoms with Crippen LogP contribution in [0.25, 0.3) is 0 Å². The Morgan fingerprint density at radius 2 is 2.33 bits per heavy atom. The molecule has 4 heteroatoms. The number of rotatable bonds is 2. The smallest absolute Gasteiger partial charge is 0.101 e. The molecule has 2 unspecified atom stereocenters. The summed E-state index contributed by atoms with van der Waals surface area (Å²) in [6.45, 7) is 4.28. The minimum atomic E-state index is 0.167.